The minimum Gasteiger partial charge on any atom is -0.410 e. The molecule has 7 nitrogen and oxygen atoms in total. The molecule has 0 bridgehead atoms. The van der Waals surface area contributed by atoms with Gasteiger partial charge in [0.1, 0.15) is 12.3 Å². The van der Waals surface area contributed by atoms with E-state index in [2.05, 4.69) is 39.2 Å². The second-order valence-corrected chi connectivity index (χ2v) is 14.3. The summed E-state index contributed by atoms with van der Waals surface area (Å²) in [6.45, 7) is 11.0. The summed E-state index contributed by atoms with van der Waals surface area (Å²) in [5.74, 6) is -0.932. The normalized spacial score (nSPS) is 20.8. The third kappa shape index (κ3) is 4.25. The van der Waals surface area contributed by atoms with Gasteiger partial charge in [0, 0.05) is 24.9 Å². The van der Waals surface area contributed by atoms with E-state index < -0.39 is 20.3 Å². The molecule has 2 heterocycles. The fourth-order valence-electron chi connectivity index (χ4n) is 3.67. The van der Waals surface area contributed by atoms with Crippen molar-refractivity contribution in [3.63, 3.8) is 0 Å². The molecule has 2 aliphatic heterocycles. The number of hydrogen-bond acceptors (Lipinski definition) is 5. The number of carbonyl (C=O) groups excluding carboxylic acids is 4. The Balaban J connectivity index is 1.84. The van der Waals surface area contributed by atoms with Gasteiger partial charge in [-0.2, -0.15) is 0 Å². The Morgan fingerprint density at radius 2 is 1.97 bits per heavy atom. The van der Waals surface area contributed by atoms with Gasteiger partial charge in [0.25, 0.3) is 5.91 Å². The largest absolute Gasteiger partial charge is 0.410 e. The lowest BCUT2D eigenvalue weighted by Crippen LogP contribution is -2.52. The molecular weight excluding hydrogens is 400 g/mol. The van der Waals surface area contributed by atoms with Gasteiger partial charge in [-0.15, -0.1) is 0 Å². The number of carbonyl (C=O) groups is 4. The molecule has 1 aromatic rings. The lowest BCUT2D eigenvalue weighted by Gasteiger charge is -2.39. The molecule has 1 saturated heterocycles. The third-order valence-corrected chi connectivity index (χ3v) is 11.0. The Kier molecular flexibility index (Phi) is 6.02. The molecule has 8 heteroatoms. The van der Waals surface area contributed by atoms with E-state index >= 15 is 0 Å². The first-order chi connectivity index (χ1) is 13.9. The minimum atomic E-state index is -2.10. The van der Waals surface area contributed by atoms with Crippen molar-refractivity contribution in [2.75, 3.05) is 0 Å². The van der Waals surface area contributed by atoms with E-state index in [1.807, 2.05) is 12.1 Å². The Bertz CT molecular complexity index is 890. The summed E-state index contributed by atoms with van der Waals surface area (Å²) in [4.78, 5) is 49.4. The second kappa shape index (κ2) is 8.07. The predicted molar refractivity (Wildman–Crippen MR) is 114 cm³/mol. The molecule has 30 heavy (non-hydrogen) atoms. The molecule has 1 aromatic carbocycles. The summed E-state index contributed by atoms with van der Waals surface area (Å²) in [6, 6.07) is 4.87. The first kappa shape index (κ1) is 22.4. The van der Waals surface area contributed by atoms with Crippen LogP contribution in [0.1, 0.15) is 67.6 Å². The van der Waals surface area contributed by atoms with E-state index in [1.54, 1.807) is 6.07 Å². The summed E-state index contributed by atoms with van der Waals surface area (Å²) in [5.41, 5.74) is 2.24. The topological polar surface area (TPSA) is 92.8 Å². The van der Waals surface area contributed by atoms with Gasteiger partial charge >= 0.3 is 0 Å². The lowest BCUT2D eigenvalue weighted by molar-refractivity contribution is -0.136. The van der Waals surface area contributed by atoms with Crippen LogP contribution in [0.3, 0.4) is 0 Å². The van der Waals surface area contributed by atoms with E-state index in [9.17, 15) is 19.2 Å². The molecule has 0 aliphatic carbocycles. The number of nitrogens with zero attached hydrogens (tertiary/aromatic N) is 1. The molecule has 162 valence electrons. The molecule has 0 spiro atoms. The Morgan fingerprint density at radius 3 is 2.57 bits per heavy atom. The second-order valence-electron chi connectivity index (χ2n) is 9.59. The van der Waals surface area contributed by atoms with Gasteiger partial charge in [0.2, 0.25) is 11.8 Å². The zero-order chi connectivity index (χ0) is 22.3. The van der Waals surface area contributed by atoms with Crippen molar-refractivity contribution in [2.24, 2.45) is 0 Å². The van der Waals surface area contributed by atoms with Crippen molar-refractivity contribution in [1.82, 2.24) is 10.2 Å². The zero-order valence-corrected chi connectivity index (χ0v) is 19.3. The highest BCUT2D eigenvalue weighted by Gasteiger charge is 2.41. The van der Waals surface area contributed by atoms with Crippen LogP contribution in [0.2, 0.25) is 18.1 Å². The van der Waals surface area contributed by atoms with Gasteiger partial charge in [-0.1, -0.05) is 32.9 Å². The number of imide groups is 1. The van der Waals surface area contributed by atoms with Crippen LogP contribution in [0.25, 0.3) is 0 Å². The van der Waals surface area contributed by atoms with Gasteiger partial charge in [-0.25, -0.2) is 0 Å². The highest BCUT2D eigenvalue weighted by atomic mass is 28.4. The van der Waals surface area contributed by atoms with E-state index in [0.29, 0.717) is 18.5 Å². The van der Waals surface area contributed by atoms with Crippen LogP contribution in [0.4, 0.5) is 0 Å². The van der Waals surface area contributed by atoms with Crippen LogP contribution in [-0.4, -0.2) is 43.3 Å². The third-order valence-electron chi connectivity index (χ3n) is 6.47. The Labute approximate surface area is 178 Å². The summed E-state index contributed by atoms with van der Waals surface area (Å²) in [6.07, 6.45) is 1.30. The van der Waals surface area contributed by atoms with Gasteiger partial charge in [-0.3, -0.25) is 19.7 Å². The van der Waals surface area contributed by atoms with E-state index in [-0.39, 0.29) is 35.8 Å². The fourth-order valence-corrected chi connectivity index (χ4v) is 4.96. The van der Waals surface area contributed by atoms with Crippen LogP contribution in [0.15, 0.2) is 18.2 Å². The molecule has 0 radical (unpaired) electrons. The summed E-state index contributed by atoms with van der Waals surface area (Å²) >= 11 is 0. The van der Waals surface area contributed by atoms with Crippen LogP contribution in [0, 0.1) is 0 Å². The number of rotatable bonds is 6. The maximum absolute atomic E-state index is 12.9. The van der Waals surface area contributed by atoms with E-state index in [4.69, 9.17) is 4.43 Å². The van der Waals surface area contributed by atoms with Gasteiger partial charge in [-0.05, 0) is 41.7 Å². The predicted octanol–water partition coefficient (Wildman–Crippen LogP) is 3.10. The van der Waals surface area contributed by atoms with Crippen molar-refractivity contribution in [1.29, 1.82) is 0 Å². The Hall–Kier alpha value is -2.32. The van der Waals surface area contributed by atoms with Crippen LogP contribution >= 0.6 is 0 Å². The summed E-state index contributed by atoms with van der Waals surface area (Å²) in [7, 11) is -2.10. The van der Waals surface area contributed by atoms with Crippen LogP contribution in [-0.2, 0) is 25.4 Å². The maximum atomic E-state index is 12.9. The molecular formula is C22H30N2O5Si. The van der Waals surface area contributed by atoms with Crippen LogP contribution in [0.5, 0.6) is 0 Å². The molecule has 3 rings (SSSR count). The average molecular weight is 431 g/mol. The summed E-state index contributed by atoms with van der Waals surface area (Å²) < 4.78 is 6.49. The smallest absolute Gasteiger partial charge is 0.255 e. The molecule has 0 unspecified atom stereocenters. The molecule has 2 aliphatic rings. The highest BCUT2D eigenvalue weighted by Crippen LogP contribution is 2.41. The maximum Gasteiger partial charge on any atom is 0.255 e. The minimum absolute atomic E-state index is 0.00338. The first-order valence-corrected chi connectivity index (χ1v) is 13.2. The van der Waals surface area contributed by atoms with Crippen LogP contribution < -0.4 is 5.32 Å². The first-order valence-electron chi connectivity index (χ1n) is 10.3. The molecule has 0 saturated carbocycles. The quantitative estimate of drug-likeness (QED) is 0.425. The standard InChI is InChI=1S/C22H30N2O5Si/c1-22(2,3)30(4,5)29-18(10-11-25)14-6-7-16-15(12-14)13-24(21(16)28)17-8-9-19(26)23-20(17)27/h6-7,11-12,17-18H,8-10,13H2,1-5H3,(H,23,26,27)/t17-,18+/m0/s1. The van der Waals surface area contributed by atoms with Crippen molar-refractivity contribution >= 4 is 32.3 Å². The van der Waals surface area contributed by atoms with E-state index in [1.165, 1.54) is 4.90 Å². The lowest BCUT2D eigenvalue weighted by atomic mass is 10.0. The number of hydrogen-bond donors (Lipinski definition) is 1. The van der Waals surface area contributed by atoms with Crippen molar-refractivity contribution < 1.29 is 23.6 Å². The van der Waals surface area contributed by atoms with Crippen molar-refractivity contribution in [2.45, 2.75) is 76.9 Å². The fraction of sp³-hybridized carbons (Fsp3) is 0.545. The average Bonchev–Trinajstić information content (AvgIpc) is 2.96. The number of nitrogens with one attached hydrogen (secondary N) is 1. The molecule has 1 fully saturated rings. The number of aldehydes is 1. The van der Waals surface area contributed by atoms with Gasteiger partial charge < -0.3 is 14.1 Å². The molecule has 3 amide bonds. The number of amides is 3. The van der Waals surface area contributed by atoms with E-state index in [0.717, 1.165) is 17.4 Å². The number of fused-ring (bicyclic) bond motifs is 1. The van der Waals surface area contributed by atoms with Gasteiger partial charge in [0.15, 0.2) is 8.32 Å². The zero-order valence-electron chi connectivity index (χ0n) is 18.3. The SMILES string of the molecule is CC(C)(C)[Si](C)(C)O[C@H](CC=O)c1ccc2c(c1)CN([C@H]1CCC(=O)NC1=O)C2=O. The molecule has 2 atom stereocenters. The summed E-state index contributed by atoms with van der Waals surface area (Å²) in [5, 5.41) is 2.32. The highest BCUT2D eigenvalue weighted by molar-refractivity contribution is 6.74. The molecule has 1 N–H and O–H groups in total. The van der Waals surface area contributed by atoms with Crippen molar-refractivity contribution in [3.05, 3.63) is 34.9 Å². The van der Waals surface area contributed by atoms with Gasteiger partial charge in [0.05, 0.1) is 6.10 Å². The Morgan fingerprint density at radius 1 is 1.27 bits per heavy atom. The monoisotopic (exact) mass is 430 g/mol. The number of benzene rings is 1. The van der Waals surface area contributed by atoms with Crippen molar-refractivity contribution in [3.8, 4) is 0 Å². The molecule has 0 aromatic heterocycles. The number of piperidine rings is 1.